The highest BCUT2D eigenvalue weighted by Gasteiger charge is 2.29. The van der Waals surface area contributed by atoms with Crippen LogP contribution in [0.2, 0.25) is 0 Å². The smallest absolute Gasteiger partial charge is 0.141 e. The van der Waals surface area contributed by atoms with Crippen molar-refractivity contribution in [3.63, 3.8) is 0 Å². The number of furan rings is 1. The molecule has 1 aliphatic rings. The van der Waals surface area contributed by atoms with Crippen LogP contribution >= 0.6 is 0 Å². The second-order valence-corrected chi connectivity index (χ2v) is 15.2. The lowest BCUT2D eigenvalue weighted by Gasteiger charge is -2.22. The Kier molecular flexibility index (Phi) is 7.81. The molecule has 0 fully saturated rings. The fourth-order valence-electron chi connectivity index (χ4n) is 8.93. The van der Waals surface area contributed by atoms with Gasteiger partial charge in [0.05, 0.1) is 22.4 Å². The summed E-state index contributed by atoms with van der Waals surface area (Å²) in [6.07, 6.45) is 1.93. The first-order valence-electron chi connectivity index (χ1n) is 20.2. The molecular formula is C54H36N4O2. The average Bonchev–Trinajstić information content (AvgIpc) is 3.99. The summed E-state index contributed by atoms with van der Waals surface area (Å²) in [5.41, 5.74) is 12.7. The summed E-state index contributed by atoms with van der Waals surface area (Å²) in [7, 11) is 0. The normalized spacial score (nSPS) is 12.5. The number of pyridine rings is 1. The molecule has 0 unspecified atom stereocenters. The Morgan fingerprint density at radius 1 is 0.450 bits per heavy atom. The topological polar surface area (TPSA) is 46.7 Å². The van der Waals surface area contributed by atoms with E-state index >= 15 is 0 Å². The quantitative estimate of drug-likeness (QED) is 0.161. The van der Waals surface area contributed by atoms with Gasteiger partial charge in [-0.3, -0.25) is 4.57 Å². The molecule has 60 heavy (non-hydrogen) atoms. The van der Waals surface area contributed by atoms with Crippen LogP contribution in [0.4, 0.5) is 22.7 Å². The van der Waals surface area contributed by atoms with E-state index in [4.69, 9.17) is 14.1 Å². The molecule has 8 aromatic carbocycles. The Morgan fingerprint density at radius 2 is 1.15 bits per heavy atom. The molecule has 0 atom stereocenters. The van der Waals surface area contributed by atoms with Gasteiger partial charge in [-0.05, 0) is 76.9 Å². The highest BCUT2D eigenvalue weighted by Crippen LogP contribution is 2.47. The van der Waals surface area contributed by atoms with Gasteiger partial charge in [0.15, 0.2) is 0 Å². The largest absolute Gasteiger partial charge is 0.457 e. The van der Waals surface area contributed by atoms with Crippen LogP contribution in [0.5, 0.6) is 11.5 Å². The van der Waals surface area contributed by atoms with Crippen LogP contribution in [-0.4, -0.2) is 16.2 Å². The van der Waals surface area contributed by atoms with Crippen molar-refractivity contribution in [2.75, 3.05) is 16.5 Å². The van der Waals surface area contributed by atoms with E-state index in [2.05, 4.69) is 190 Å². The first-order chi connectivity index (χ1) is 29.7. The van der Waals surface area contributed by atoms with Gasteiger partial charge < -0.3 is 19.0 Å². The molecule has 0 saturated carbocycles. The Bertz CT molecular complexity index is 3390. The molecule has 11 aromatic rings. The van der Waals surface area contributed by atoms with E-state index in [1.165, 1.54) is 11.1 Å². The zero-order valence-electron chi connectivity index (χ0n) is 32.4. The molecule has 12 rings (SSSR count). The molecule has 4 heterocycles. The standard InChI is InChI=1S/C54H36N4O2/c1-4-15-36(16-5-1)38-27-28-48-49(29-38)56(39-19-8-3-9-20-39)35-57(48)40-21-14-22-41(30-40)59-42-31-45(37-17-6-2-7-18-37)54-44-24-10-12-25-47(44)58(50(54)32-42)53-33-52-46(34-55-53)43-23-11-13-26-51(43)60-52/h1-34H,35H2. The van der Waals surface area contributed by atoms with Crippen molar-refractivity contribution >= 4 is 66.5 Å². The van der Waals surface area contributed by atoms with Gasteiger partial charge in [-0.1, -0.05) is 127 Å². The van der Waals surface area contributed by atoms with Crippen LogP contribution in [0.15, 0.2) is 211 Å². The van der Waals surface area contributed by atoms with Gasteiger partial charge in [-0.15, -0.1) is 0 Å². The summed E-state index contributed by atoms with van der Waals surface area (Å²) >= 11 is 0. The van der Waals surface area contributed by atoms with Gasteiger partial charge in [0.1, 0.15) is 35.2 Å². The van der Waals surface area contributed by atoms with E-state index in [9.17, 15) is 0 Å². The number of benzene rings is 8. The van der Waals surface area contributed by atoms with E-state index in [1.807, 2.05) is 30.5 Å². The summed E-state index contributed by atoms with van der Waals surface area (Å²) in [5, 5.41) is 4.32. The van der Waals surface area contributed by atoms with Crippen molar-refractivity contribution in [1.29, 1.82) is 0 Å². The van der Waals surface area contributed by atoms with Gasteiger partial charge in [0.2, 0.25) is 0 Å². The van der Waals surface area contributed by atoms with Crippen LogP contribution in [0.25, 0.3) is 71.8 Å². The SMILES string of the molecule is c1ccc(-c2ccc3c(c2)N(c2ccccc2)CN3c2cccc(Oc3cc(-c4ccccc4)c4c5ccccc5n(-c5cc6oc7ccccc7c6cn5)c4c3)c2)cc1. The Hall–Kier alpha value is -8.09. The zero-order chi connectivity index (χ0) is 39.6. The fourth-order valence-corrected chi connectivity index (χ4v) is 8.93. The van der Waals surface area contributed by atoms with Crippen molar-refractivity contribution in [2.45, 2.75) is 0 Å². The number of aromatic nitrogens is 2. The second-order valence-electron chi connectivity index (χ2n) is 15.2. The molecule has 284 valence electrons. The number of ether oxygens (including phenoxy) is 1. The van der Waals surface area contributed by atoms with Crippen molar-refractivity contribution in [3.8, 4) is 39.6 Å². The number of anilines is 4. The van der Waals surface area contributed by atoms with E-state index in [0.29, 0.717) is 6.67 Å². The number of rotatable bonds is 7. The van der Waals surface area contributed by atoms with Gasteiger partial charge in [-0.2, -0.15) is 0 Å². The minimum Gasteiger partial charge on any atom is -0.457 e. The first-order valence-corrected chi connectivity index (χ1v) is 20.2. The third-order valence-electron chi connectivity index (χ3n) is 11.7. The van der Waals surface area contributed by atoms with Crippen LogP contribution in [-0.2, 0) is 0 Å². The van der Waals surface area contributed by atoms with Crippen LogP contribution in [0.3, 0.4) is 0 Å². The molecule has 0 saturated heterocycles. The fraction of sp³-hybridized carbons (Fsp3) is 0.0185. The summed E-state index contributed by atoms with van der Waals surface area (Å²) in [5.74, 6) is 2.25. The van der Waals surface area contributed by atoms with Gasteiger partial charge in [-0.25, -0.2) is 4.98 Å². The van der Waals surface area contributed by atoms with Crippen LogP contribution < -0.4 is 14.5 Å². The predicted molar refractivity (Wildman–Crippen MR) is 245 cm³/mol. The maximum atomic E-state index is 6.93. The van der Waals surface area contributed by atoms with Gasteiger partial charge in [0.25, 0.3) is 0 Å². The molecule has 0 aliphatic carbocycles. The van der Waals surface area contributed by atoms with Gasteiger partial charge in [0, 0.05) is 57.3 Å². The lowest BCUT2D eigenvalue weighted by Crippen LogP contribution is -2.23. The summed E-state index contributed by atoms with van der Waals surface area (Å²) < 4.78 is 15.5. The Morgan fingerprint density at radius 3 is 1.98 bits per heavy atom. The van der Waals surface area contributed by atoms with Crippen LogP contribution in [0.1, 0.15) is 0 Å². The van der Waals surface area contributed by atoms with Gasteiger partial charge >= 0.3 is 0 Å². The molecule has 0 bridgehead atoms. The average molecular weight is 773 g/mol. The first kappa shape index (κ1) is 34.0. The number of nitrogens with zero attached hydrogens (tertiary/aromatic N) is 4. The molecule has 6 nitrogen and oxygen atoms in total. The number of hydrogen-bond donors (Lipinski definition) is 0. The molecule has 6 heteroatoms. The summed E-state index contributed by atoms with van der Waals surface area (Å²) in [6, 6.07) is 69.9. The highest BCUT2D eigenvalue weighted by molar-refractivity contribution is 6.16. The highest BCUT2D eigenvalue weighted by atomic mass is 16.5. The predicted octanol–water partition coefficient (Wildman–Crippen LogP) is 14.5. The molecule has 3 aromatic heterocycles. The number of para-hydroxylation sites is 3. The van der Waals surface area contributed by atoms with E-state index in [1.54, 1.807) is 0 Å². The van der Waals surface area contributed by atoms with Crippen molar-refractivity contribution in [2.24, 2.45) is 0 Å². The van der Waals surface area contributed by atoms with E-state index in [-0.39, 0.29) is 0 Å². The summed E-state index contributed by atoms with van der Waals surface area (Å²) in [6.45, 7) is 0.661. The maximum Gasteiger partial charge on any atom is 0.141 e. The van der Waals surface area contributed by atoms with E-state index in [0.717, 1.165) is 94.9 Å². The molecule has 0 amide bonds. The second kappa shape index (κ2) is 13.8. The lowest BCUT2D eigenvalue weighted by atomic mass is 9.99. The lowest BCUT2D eigenvalue weighted by molar-refractivity contribution is 0.483. The third kappa shape index (κ3) is 5.61. The minimum absolute atomic E-state index is 0.661. The van der Waals surface area contributed by atoms with Crippen LogP contribution in [0, 0.1) is 0 Å². The minimum atomic E-state index is 0.661. The third-order valence-corrected chi connectivity index (χ3v) is 11.7. The molecule has 0 N–H and O–H groups in total. The zero-order valence-corrected chi connectivity index (χ0v) is 32.4. The Labute approximate surface area is 346 Å². The van der Waals surface area contributed by atoms with E-state index < -0.39 is 0 Å². The molecule has 1 aliphatic heterocycles. The number of fused-ring (bicyclic) bond motifs is 7. The van der Waals surface area contributed by atoms with Crippen molar-refractivity contribution in [3.05, 3.63) is 206 Å². The Balaban J connectivity index is 0.982. The molecule has 0 radical (unpaired) electrons. The molecule has 0 spiro atoms. The molecular weight excluding hydrogens is 737 g/mol. The van der Waals surface area contributed by atoms with Crippen molar-refractivity contribution in [1.82, 2.24) is 9.55 Å². The van der Waals surface area contributed by atoms with Crippen molar-refractivity contribution < 1.29 is 9.15 Å². The number of hydrogen-bond acceptors (Lipinski definition) is 5. The summed E-state index contributed by atoms with van der Waals surface area (Å²) in [4.78, 5) is 9.81. The maximum absolute atomic E-state index is 6.93. The monoisotopic (exact) mass is 772 g/mol.